The normalized spacial score (nSPS) is 15.4. The van der Waals surface area contributed by atoms with E-state index in [-0.39, 0.29) is 6.61 Å². The van der Waals surface area contributed by atoms with Crippen molar-refractivity contribution < 1.29 is 9.53 Å². The van der Waals surface area contributed by atoms with Crippen LogP contribution in [0.15, 0.2) is 54.6 Å². The van der Waals surface area contributed by atoms with Crippen molar-refractivity contribution in [2.24, 2.45) is 0 Å². The van der Waals surface area contributed by atoms with Gasteiger partial charge in [0.2, 0.25) is 0 Å². The van der Waals surface area contributed by atoms with Crippen LogP contribution in [0.1, 0.15) is 24.1 Å². The lowest BCUT2D eigenvalue weighted by atomic mass is 10.1. The molecule has 0 N–H and O–H groups in total. The largest absolute Gasteiger partial charge is 0.465 e. The van der Waals surface area contributed by atoms with Gasteiger partial charge in [-0.15, -0.1) is 0 Å². The van der Waals surface area contributed by atoms with Crippen LogP contribution in [0.25, 0.3) is 11.0 Å². The average Bonchev–Trinajstić information content (AvgIpc) is 2.80. The highest BCUT2D eigenvalue weighted by atomic mass is 16.5. The van der Waals surface area contributed by atoms with E-state index >= 15 is 0 Å². The Balaban J connectivity index is 1.60. The number of nitriles is 1. The number of anilines is 1. The third kappa shape index (κ3) is 4.65. The molecule has 158 valence electrons. The van der Waals surface area contributed by atoms with Crippen LogP contribution < -0.4 is 4.90 Å². The van der Waals surface area contributed by atoms with Gasteiger partial charge in [0.1, 0.15) is 5.69 Å². The van der Waals surface area contributed by atoms with Gasteiger partial charge in [0.15, 0.2) is 11.7 Å². The van der Waals surface area contributed by atoms with Crippen molar-refractivity contribution in [1.82, 2.24) is 14.9 Å². The molecular weight excluding hydrogens is 390 g/mol. The third-order valence-corrected chi connectivity index (χ3v) is 5.42. The summed E-state index contributed by atoms with van der Waals surface area (Å²) in [6, 6.07) is 20.0. The second-order valence-electron chi connectivity index (χ2n) is 7.48. The molecule has 7 heteroatoms. The Bertz CT molecular complexity index is 1090. The Kier molecular flexibility index (Phi) is 6.39. The maximum Gasteiger partial charge on any atom is 0.329 e. The molecule has 1 aliphatic rings. The first kappa shape index (κ1) is 20.8. The van der Waals surface area contributed by atoms with Crippen molar-refractivity contribution in [3.8, 4) is 6.07 Å². The van der Waals surface area contributed by atoms with Gasteiger partial charge in [-0.1, -0.05) is 42.5 Å². The molecule has 7 nitrogen and oxygen atoms in total. The second kappa shape index (κ2) is 9.54. The van der Waals surface area contributed by atoms with Gasteiger partial charge in [-0.25, -0.2) is 9.97 Å². The fourth-order valence-electron chi connectivity index (χ4n) is 3.84. The van der Waals surface area contributed by atoms with E-state index in [4.69, 9.17) is 9.72 Å². The minimum absolute atomic E-state index is 0.214. The van der Waals surface area contributed by atoms with E-state index in [0.717, 1.165) is 38.2 Å². The Morgan fingerprint density at radius 3 is 2.32 bits per heavy atom. The van der Waals surface area contributed by atoms with Crippen LogP contribution >= 0.6 is 0 Å². The molecule has 0 aliphatic carbocycles. The van der Waals surface area contributed by atoms with Gasteiger partial charge < -0.3 is 9.64 Å². The first-order chi connectivity index (χ1) is 15.2. The summed E-state index contributed by atoms with van der Waals surface area (Å²) in [6.45, 7) is 6.05. The van der Waals surface area contributed by atoms with Crippen LogP contribution in [0.3, 0.4) is 0 Å². The molecule has 4 rings (SSSR count). The molecule has 0 spiro atoms. The number of carbonyl (C=O) groups is 1. The highest BCUT2D eigenvalue weighted by Gasteiger charge is 2.31. The highest BCUT2D eigenvalue weighted by Crippen LogP contribution is 2.28. The number of piperazine rings is 1. The van der Waals surface area contributed by atoms with E-state index in [2.05, 4.69) is 45.1 Å². The first-order valence-corrected chi connectivity index (χ1v) is 10.5. The zero-order chi connectivity index (χ0) is 21.6. The molecular formula is C24H25N5O2. The minimum atomic E-state index is -1.10. The lowest BCUT2D eigenvalue weighted by molar-refractivity contribution is -0.143. The molecule has 31 heavy (non-hydrogen) atoms. The van der Waals surface area contributed by atoms with Crippen LogP contribution in [0.5, 0.6) is 0 Å². The van der Waals surface area contributed by atoms with Crippen molar-refractivity contribution in [2.45, 2.75) is 19.4 Å². The van der Waals surface area contributed by atoms with Gasteiger partial charge in [0.25, 0.3) is 0 Å². The molecule has 0 bridgehead atoms. The molecule has 1 aromatic heterocycles. The van der Waals surface area contributed by atoms with Crippen LogP contribution in [0, 0.1) is 11.3 Å². The maximum atomic E-state index is 12.5. The van der Waals surface area contributed by atoms with Crippen molar-refractivity contribution in [3.05, 3.63) is 65.9 Å². The van der Waals surface area contributed by atoms with Gasteiger partial charge >= 0.3 is 5.97 Å². The molecule has 1 atom stereocenters. The fraction of sp³-hybridized carbons (Fsp3) is 0.333. The summed E-state index contributed by atoms with van der Waals surface area (Å²) in [6.07, 6.45) is 0. The predicted octanol–water partition coefficient (Wildman–Crippen LogP) is 3.12. The van der Waals surface area contributed by atoms with E-state index in [0.29, 0.717) is 17.0 Å². The molecule has 2 aromatic carbocycles. The second-order valence-corrected chi connectivity index (χ2v) is 7.48. The van der Waals surface area contributed by atoms with Crippen molar-refractivity contribution in [2.75, 3.05) is 37.7 Å². The number of ether oxygens (including phenoxy) is 1. The van der Waals surface area contributed by atoms with Crippen LogP contribution in [0.4, 0.5) is 5.82 Å². The SMILES string of the molecule is CCOC(=O)C(C#N)c1nc2ccccc2nc1N1CCN(Cc2ccccc2)CC1. The van der Waals surface area contributed by atoms with Gasteiger partial charge in [0, 0.05) is 32.7 Å². The zero-order valence-corrected chi connectivity index (χ0v) is 17.6. The number of aromatic nitrogens is 2. The van der Waals surface area contributed by atoms with Gasteiger partial charge in [-0.2, -0.15) is 5.26 Å². The standard InChI is InChI=1S/C24H25N5O2/c1-2-31-24(30)19(16-25)22-23(27-21-11-7-6-10-20(21)26-22)29-14-12-28(13-15-29)17-18-8-4-3-5-9-18/h3-11,19H,2,12-15,17H2,1H3. The lowest BCUT2D eigenvalue weighted by Crippen LogP contribution is -2.46. The van der Waals surface area contributed by atoms with Crippen molar-refractivity contribution in [3.63, 3.8) is 0 Å². The highest BCUT2D eigenvalue weighted by molar-refractivity contribution is 5.85. The minimum Gasteiger partial charge on any atom is -0.465 e. The molecule has 1 saturated heterocycles. The number of nitrogens with zero attached hydrogens (tertiary/aromatic N) is 5. The van der Waals surface area contributed by atoms with E-state index in [9.17, 15) is 10.1 Å². The maximum absolute atomic E-state index is 12.5. The van der Waals surface area contributed by atoms with E-state index < -0.39 is 11.9 Å². The summed E-state index contributed by atoms with van der Waals surface area (Å²) < 4.78 is 5.13. The van der Waals surface area contributed by atoms with Crippen molar-refractivity contribution >= 4 is 22.8 Å². The van der Waals surface area contributed by atoms with Crippen LogP contribution in [-0.2, 0) is 16.1 Å². The van der Waals surface area contributed by atoms with Gasteiger partial charge in [0.05, 0.1) is 23.7 Å². The number of esters is 1. The summed E-state index contributed by atoms with van der Waals surface area (Å²) in [7, 11) is 0. The predicted molar refractivity (Wildman–Crippen MR) is 118 cm³/mol. The monoisotopic (exact) mass is 415 g/mol. The number of para-hydroxylation sites is 2. The van der Waals surface area contributed by atoms with E-state index in [1.807, 2.05) is 30.3 Å². The number of carbonyl (C=O) groups excluding carboxylic acids is 1. The van der Waals surface area contributed by atoms with E-state index in [1.165, 1.54) is 5.56 Å². The molecule has 1 unspecified atom stereocenters. The van der Waals surface area contributed by atoms with Crippen molar-refractivity contribution in [1.29, 1.82) is 5.26 Å². The summed E-state index contributed by atoms with van der Waals surface area (Å²) in [5.74, 6) is -1.09. The van der Waals surface area contributed by atoms with E-state index in [1.54, 1.807) is 6.92 Å². The molecule has 1 aliphatic heterocycles. The topological polar surface area (TPSA) is 82.3 Å². The molecule has 1 fully saturated rings. The van der Waals surface area contributed by atoms with Gasteiger partial charge in [-0.3, -0.25) is 9.69 Å². The molecule has 0 amide bonds. The molecule has 0 saturated carbocycles. The Morgan fingerprint density at radius 2 is 1.68 bits per heavy atom. The quantitative estimate of drug-likeness (QED) is 0.572. The van der Waals surface area contributed by atoms with Crippen LogP contribution in [-0.4, -0.2) is 53.6 Å². The summed E-state index contributed by atoms with van der Waals surface area (Å²) >= 11 is 0. The number of fused-ring (bicyclic) bond motifs is 1. The number of hydrogen-bond donors (Lipinski definition) is 0. The summed E-state index contributed by atoms with van der Waals surface area (Å²) in [4.78, 5) is 26.5. The number of benzene rings is 2. The Morgan fingerprint density at radius 1 is 1.03 bits per heavy atom. The molecule has 0 radical (unpaired) electrons. The Hall–Kier alpha value is -3.50. The Labute approximate surface area is 181 Å². The first-order valence-electron chi connectivity index (χ1n) is 10.5. The third-order valence-electron chi connectivity index (χ3n) is 5.42. The number of hydrogen-bond acceptors (Lipinski definition) is 7. The van der Waals surface area contributed by atoms with Gasteiger partial charge in [-0.05, 0) is 24.6 Å². The summed E-state index contributed by atoms with van der Waals surface area (Å²) in [5.41, 5.74) is 3.06. The van der Waals surface area contributed by atoms with Crippen LogP contribution in [0.2, 0.25) is 0 Å². The fourth-order valence-corrected chi connectivity index (χ4v) is 3.84. The average molecular weight is 415 g/mol. The smallest absolute Gasteiger partial charge is 0.329 e. The number of rotatable bonds is 6. The lowest BCUT2D eigenvalue weighted by Gasteiger charge is -2.36. The summed E-state index contributed by atoms with van der Waals surface area (Å²) in [5, 5.41) is 9.73. The zero-order valence-electron chi connectivity index (χ0n) is 17.6. The molecule has 3 aromatic rings. The molecule has 2 heterocycles.